The number of rotatable bonds is 3. The molecule has 17 heavy (non-hydrogen) atoms. The molecule has 0 N–H and O–H groups in total. The molecule has 0 amide bonds. The Kier molecular flexibility index (Phi) is 3.76. The number of nitrogens with zero attached hydrogens (tertiary/aromatic N) is 1. The molecule has 2 rings (SSSR count). The van der Waals surface area contributed by atoms with E-state index in [1.54, 1.807) is 12.1 Å². The van der Waals surface area contributed by atoms with Crippen LogP contribution < -0.4 is 0 Å². The predicted molar refractivity (Wildman–Crippen MR) is 63.5 cm³/mol. The lowest BCUT2D eigenvalue weighted by molar-refractivity contribution is -0.932. The molecule has 4 nitrogen and oxygen atoms in total. The Labute approximate surface area is 101 Å². The summed E-state index contributed by atoms with van der Waals surface area (Å²) in [6.45, 7) is 3.67. The molecule has 0 atom stereocenters. The molecule has 1 heterocycles. The molecule has 0 aliphatic carbocycles. The van der Waals surface area contributed by atoms with Crippen molar-refractivity contribution in [3.63, 3.8) is 0 Å². The van der Waals surface area contributed by atoms with Crippen molar-refractivity contribution in [3.8, 4) is 0 Å². The summed E-state index contributed by atoms with van der Waals surface area (Å²) in [7, 11) is 2.08. The third kappa shape index (κ3) is 3.28. The first-order chi connectivity index (χ1) is 8.20. The summed E-state index contributed by atoms with van der Waals surface area (Å²) in [6.07, 6.45) is 0. The van der Waals surface area contributed by atoms with E-state index in [1.807, 2.05) is 18.2 Å². The van der Waals surface area contributed by atoms with Gasteiger partial charge < -0.3 is 9.47 Å². The Hall–Kier alpha value is -1.39. The highest BCUT2D eigenvalue weighted by Crippen LogP contribution is 2.09. The maximum Gasteiger partial charge on any atom is 0.342 e. The van der Waals surface area contributed by atoms with Crippen LogP contribution in [0.4, 0.5) is 0 Å². The van der Waals surface area contributed by atoms with E-state index >= 15 is 0 Å². The van der Waals surface area contributed by atoms with E-state index in [-0.39, 0.29) is 5.97 Å². The number of hydrogen-bond acceptors (Lipinski definition) is 3. The number of esters is 1. The summed E-state index contributed by atoms with van der Waals surface area (Å²) < 4.78 is 11.4. The van der Waals surface area contributed by atoms with Gasteiger partial charge in [0.15, 0.2) is 0 Å². The largest absolute Gasteiger partial charge is 0.411 e. The van der Waals surface area contributed by atoms with Crippen molar-refractivity contribution in [2.75, 3.05) is 40.1 Å². The zero-order valence-electron chi connectivity index (χ0n) is 10.1. The highest BCUT2D eigenvalue weighted by molar-refractivity contribution is 5.89. The normalized spacial score (nSPS) is 18.6. The van der Waals surface area contributed by atoms with Gasteiger partial charge in [0.25, 0.3) is 0 Å². The first kappa shape index (κ1) is 12.1. The molecular weight excluding hydrogens is 218 g/mol. The molecule has 1 aliphatic heterocycles. The number of carbonyl (C=O) groups is 1. The lowest BCUT2D eigenvalue weighted by Gasteiger charge is -2.36. The Morgan fingerprint density at radius 1 is 1.29 bits per heavy atom. The summed E-state index contributed by atoms with van der Waals surface area (Å²) in [5.41, 5.74) is 0.604. The van der Waals surface area contributed by atoms with Crippen LogP contribution in [0, 0.1) is 0 Å². The first-order valence-corrected chi connectivity index (χ1v) is 5.83. The SMILES string of the molecule is C[N+]1(COC(=O)c2ccccc2)CCOCC1. The van der Waals surface area contributed by atoms with Gasteiger partial charge in [0, 0.05) is 0 Å². The van der Waals surface area contributed by atoms with Gasteiger partial charge in [-0.15, -0.1) is 0 Å². The Morgan fingerprint density at radius 3 is 2.59 bits per heavy atom. The Morgan fingerprint density at radius 2 is 1.94 bits per heavy atom. The van der Waals surface area contributed by atoms with Gasteiger partial charge in [-0.3, -0.25) is 4.48 Å². The average Bonchev–Trinajstić information content (AvgIpc) is 2.38. The van der Waals surface area contributed by atoms with Gasteiger partial charge in [-0.1, -0.05) is 18.2 Å². The van der Waals surface area contributed by atoms with Gasteiger partial charge in [0.1, 0.15) is 13.1 Å². The molecule has 1 aromatic rings. The molecule has 1 aromatic carbocycles. The molecule has 0 unspecified atom stereocenters. The number of likely N-dealkylation sites (N-methyl/N-ethyl adjacent to an activating group) is 1. The lowest BCUT2D eigenvalue weighted by Crippen LogP contribution is -2.53. The zero-order valence-corrected chi connectivity index (χ0v) is 10.1. The maximum atomic E-state index is 11.8. The third-order valence-corrected chi connectivity index (χ3v) is 3.07. The quantitative estimate of drug-likeness (QED) is 0.586. The third-order valence-electron chi connectivity index (χ3n) is 3.07. The molecule has 4 heteroatoms. The summed E-state index contributed by atoms with van der Waals surface area (Å²) >= 11 is 0. The van der Waals surface area contributed by atoms with Crippen LogP contribution in [0.1, 0.15) is 10.4 Å². The second kappa shape index (κ2) is 5.29. The Balaban J connectivity index is 1.87. The van der Waals surface area contributed by atoms with Crippen molar-refractivity contribution >= 4 is 5.97 Å². The van der Waals surface area contributed by atoms with Crippen molar-refractivity contribution in [3.05, 3.63) is 35.9 Å². The van der Waals surface area contributed by atoms with Crippen LogP contribution in [0.5, 0.6) is 0 Å². The fraction of sp³-hybridized carbons (Fsp3) is 0.462. The fourth-order valence-corrected chi connectivity index (χ4v) is 1.78. The van der Waals surface area contributed by atoms with E-state index in [9.17, 15) is 4.79 Å². The second-order valence-corrected chi connectivity index (χ2v) is 4.61. The Bertz CT molecular complexity index is 372. The van der Waals surface area contributed by atoms with E-state index in [0.29, 0.717) is 12.3 Å². The average molecular weight is 236 g/mol. The van der Waals surface area contributed by atoms with E-state index in [2.05, 4.69) is 7.05 Å². The van der Waals surface area contributed by atoms with Crippen molar-refractivity contribution < 1.29 is 18.8 Å². The van der Waals surface area contributed by atoms with Gasteiger partial charge in [0.2, 0.25) is 6.73 Å². The van der Waals surface area contributed by atoms with Gasteiger partial charge in [-0.05, 0) is 12.1 Å². The number of ether oxygens (including phenoxy) is 2. The van der Waals surface area contributed by atoms with Gasteiger partial charge in [-0.2, -0.15) is 0 Å². The minimum absolute atomic E-state index is 0.253. The molecule has 0 bridgehead atoms. The van der Waals surface area contributed by atoms with Crippen LogP contribution in [0.3, 0.4) is 0 Å². The van der Waals surface area contributed by atoms with E-state index in [1.165, 1.54) is 0 Å². The minimum Gasteiger partial charge on any atom is -0.411 e. The molecule has 0 radical (unpaired) electrons. The van der Waals surface area contributed by atoms with Crippen molar-refractivity contribution in [1.29, 1.82) is 0 Å². The number of benzene rings is 1. The first-order valence-electron chi connectivity index (χ1n) is 5.83. The highest BCUT2D eigenvalue weighted by Gasteiger charge is 2.26. The van der Waals surface area contributed by atoms with Crippen molar-refractivity contribution in [2.24, 2.45) is 0 Å². The highest BCUT2D eigenvalue weighted by atomic mass is 16.5. The topological polar surface area (TPSA) is 35.5 Å². The fourth-order valence-electron chi connectivity index (χ4n) is 1.78. The predicted octanol–water partition coefficient (Wildman–Crippen LogP) is 1.28. The molecule has 0 spiro atoms. The number of hydrogen-bond donors (Lipinski definition) is 0. The lowest BCUT2D eigenvalue weighted by atomic mass is 10.2. The van der Waals surface area contributed by atoms with Crippen molar-refractivity contribution in [2.45, 2.75) is 0 Å². The molecule has 0 aromatic heterocycles. The number of quaternary nitrogens is 1. The summed E-state index contributed by atoms with van der Waals surface area (Å²) in [5.74, 6) is -0.253. The monoisotopic (exact) mass is 236 g/mol. The smallest absolute Gasteiger partial charge is 0.342 e. The molecular formula is C13H18NO3+. The van der Waals surface area contributed by atoms with Crippen LogP contribution in [-0.4, -0.2) is 50.5 Å². The number of morpholine rings is 1. The minimum atomic E-state index is -0.253. The van der Waals surface area contributed by atoms with Crippen molar-refractivity contribution in [1.82, 2.24) is 0 Å². The van der Waals surface area contributed by atoms with Gasteiger partial charge in [0.05, 0.1) is 25.8 Å². The summed E-state index contributed by atoms with van der Waals surface area (Å²) in [5, 5.41) is 0. The summed E-state index contributed by atoms with van der Waals surface area (Å²) in [6, 6.07) is 9.08. The zero-order chi connectivity index (χ0) is 12.1. The van der Waals surface area contributed by atoms with Gasteiger partial charge >= 0.3 is 5.97 Å². The van der Waals surface area contributed by atoms with Gasteiger partial charge in [-0.25, -0.2) is 4.79 Å². The summed E-state index contributed by atoms with van der Waals surface area (Å²) in [4.78, 5) is 11.8. The molecule has 1 saturated heterocycles. The maximum absolute atomic E-state index is 11.8. The second-order valence-electron chi connectivity index (χ2n) is 4.61. The van der Waals surface area contributed by atoms with Crippen LogP contribution in [0.2, 0.25) is 0 Å². The van der Waals surface area contributed by atoms with E-state index in [0.717, 1.165) is 30.8 Å². The van der Waals surface area contributed by atoms with E-state index in [4.69, 9.17) is 9.47 Å². The standard InChI is InChI=1S/C13H18NO3/c1-14(7-9-16-10-8-14)11-17-13(15)12-5-3-2-4-6-12/h2-6H,7-11H2,1H3/q+1. The molecule has 1 aliphatic rings. The van der Waals surface area contributed by atoms with Crippen LogP contribution in [-0.2, 0) is 9.47 Å². The number of carbonyl (C=O) groups excluding carboxylic acids is 1. The molecule has 92 valence electrons. The van der Waals surface area contributed by atoms with Crippen LogP contribution in [0.25, 0.3) is 0 Å². The molecule has 1 fully saturated rings. The van der Waals surface area contributed by atoms with E-state index < -0.39 is 0 Å². The molecule has 0 saturated carbocycles. The van der Waals surface area contributed by atoms with Crippen LogP contribution >= 0.6 is 0 Å². The van der Waals surface area contributed by atoms with Crippen LogP contribution in [0.15, 0.2) is 30.3 Å².